The molecule has 1 fully saturated rings. The molecule has 1 atom stereocenters. The molecule has 1 N–H and O–H groups in total. The standard InChI is InChI=1S/C13H17N5O/c1-14-8-10-9-19-7-6-18(10)12-3-2-11-13(17-12)16-5-4-15-11/h2-5,10,14H,6-9H2,1H3. The fourth-order valence-electron chi connectivity index (χ4n) is 2.37. The average molecular weight is 259 g/mol. The summed E-state index contributed by atoms with van der Waals surface area (Å²) >= 11 is 0. The van der Waals surface area contributed by atoms with E-state index in [4.69, 9.17) is 4.74 Å². The first-order valence-corrected chi connectivity index (χ1v) is 6.45. The first-order chi connectivity index (χ1) is 9.38. The molecule has 1 saturated heterocycles. The van der Waals surface area contributed by atoms with Crippen molar-refractivity contribution >= 4 is 17.0 Å². The lowest BCUT2D eigenvalue weighted by Gasteiger charge is -2.36. The van der Waals surface area contributed by atoms with Gasteiger partial charge in [-0.05, 0) is 19.2 Å². The minimum absolute atomic E-state index is 0.306. The van der Waals surface area contributed by atoms with Crippen LogP contribution in [0, 0.1) is 0 Å². The number of hydrogen-bond donors (Lipinski definition) is 1. The van der Waals surface area contributed by atoms with Crippen LogP contribution in [0.4, 0.5) is 5.82 Å². The number of anilines is 1. The van der Waals surface area contributed by atoms with E-state index in [1.54, 1.807) is 12.4 Å². The van der Waals surface area contributed by atoms with Crippen LogP contribution in [0.5, 0.6) is 0 Å². The van der Waals surface area contributed by atoms with Gasteiger partial charge in [0.1, 0.15) is 11.3 Å². The maximum atomic E-state index is 5.54. The van der Waals surface area contributed by atoms with E-state index in [0.717, 1.165) is 37.6 Å². The molecule has 0 saturated carbocycles. The number of nitrogens with one attached hydrogen (secondary N) is 1. The summed E-state index contributed by atoms with van der Waals surface area (Å²) in [5, 5.41) is 3.20. The minimum atomic E-state index is 0.306. The molecule has 6 nitrogen and oxygen atoms in total. The highest BCUT2D eigenvalue weighted by atomic mass is 16.5. The summed E-state index contributed by atoms with van der Waals surface area (Å²) in [6.07, 6.45) is 3.35. The van der Waals surface area contributed by atoms with E-state index >= 15 is 0 Å². The molecule has 1 aliphatic rings. The topological polar surface area (TPSA) is 63.2 Å². The zero-order chi connectivity index (χ0) is 13.1. The normalized spacial score (nSPS) is 19.8. The van der Waals surface area contributed by atoms with Gasteiger partial charge in [0.15, 0.2) is 5.65 Å². The number of ether oxygens (including phenoxy) is 1. The summed E-state index contributed by atoms with van der Waals surface area (Å²) in [6, 6.07) is 4.28. The van der Waals surface area contributed by atoms with E-state index in [0.29, 0.717) is 11.7 Å². The monoisotopic (exact) mass is 259 g/mol. The number of nitrogens with zero attached hydrogens (tertiary/aromatic N) is 4. The number of morpholine rings is 1. The SMILES string of the molecule is CNCC1COCCN1c1ccc2nccnc2n1. The van der Waals surface area contributed by atoms with E-state index < -0.39 is 0 Å². The fourth-order valence-corrected chi connectivity index (χ4v) is 2.37. The summed E-state index contributed by atoms with van der Waals surface area (Å²) in [5.41, 5.74) is 1.51. The number of fused-ring (bicyclic) bond motifs is 1. The molecule has 0 amide bonds. The quantitative estimate of drug-likeness (QED) is 0.863. The lowest BCUT2D eigenvalue weighted by molar-refractivity contribution is 0.0939. The third-order valence-electron chi connectivity index (χ3n) is 3.28. The lowest BCUT2D eigenvalue weighted by atomic mass is 10.2. The van der Waals surface area contributed by atoms with Gasteiger partial charge >= 0.3 is 0 Å². The Bertz CT molecular complexity index is 559. The number of aromatic nitrogens is 3. The predicted molar refractivity (Wildman–Crippen MR) is 73.2 cm³/mol. The Morgan fingerprint density at radius 3 is 3.16 bits per heavy atom. The molecule has 1 aliphatic heterocycles. The highest BCUT2D eigenvalue weighted by molar-refractivity contribution is 5.71. The van der Waals surface area contributed by atoms with Crippen LogP contribution < -0.4 is 10.2 Å². The van der Waals surface area contributed by atoms with Gasteiger partial charge in [-0.15, -0.1) is 0 Å². The molecule has 100 valence electrons. The molecule has 0 aliphatic carbocycles. The number of hydrogen-bond acceptors (Lipinski definition) is 6. The summed E-state index contributed by atoms with van der Waals surface area (Å²) in [6.45, 7) is 3.19. The summed E-state index contributed by atoms with van der Waals surface area (Å²) in [4.78, 5) is 15.4. The fraction of sp³-hybridized carbons (Fsp3) is 0.462. The first kappa shape index (κ1) is 12.3. The van der Waals surface area contributed by atoms with Crippen molar-refractivity contribution < 1.29 is 4.74 Å². The Balaban J connectivity index is 1.92. The summed E-state index contributed by atoms with van der Waals surface area (Å²) in [5.74, 6) is 0.941. The van der Waals surface area contributed by atoms with Crippen molar-refractivity contribution in [3.8, 4) is 0 Å². The second-order valence-electron chi connectivity index (χ2n) is 4.55. The highest BCUT2D eigenvalue weighted by Gasteiger charge is 2.23. The van der Waals surface area contributed by atoms with Gasteiger partial charge in [0.2, 0.25) is 0 Å². The van der Waals surface area contributed by atoms with Crippen LogP contribution in [0.25, 0.3) is 11.2 Å². The molecule has 0 bridgehead atoms. The molecule has 0 spiro atoms. The minimum Gasteiger partial charge on any atom is -0.377 e. The second-order valence-corrected chi connectivity index (χ2v) is 4.55. The van der Waals surface area contributed by atoms with Gasteiger partial charge in [-0.1, -0.05) is 0 Å². The zero-order valence-corrected chi connectivity index (χ0v) is 10.9. The average Bonchev–Trinajstić information content (AvgIpc) is 2.48. The number of rotatable bonds is 3. The van der Waals surface area contributed by atoms with Gasteiger partial charge < -0.3 is 15.0 Å². The van der Waals surface area contributed by atoms with E-state index in [1.807, 2.05) is 19.2 Å². The molecule has 2 aromatic heterocycles. The third kappa shape index (κ3) is 2.50. The molecule has 3 heterocycles. The highest BCUT2D eigenvalue weighted by Crippen LogP contribution is 2.19. The Hall–Kier alpha value is -1.79. The van der Waals surface area contributed by atoms with Crippen molar-refractivity contribution in [1.82, 2.24) is 20.3 Å². The Labute approximate surface area is 111 Å². The van der Waals surface area contributed by atoms with E-state index in [1.165, 1.54) is 0 Å². The van der Waals surface area contributed by atoms with Crippen molar-refractivity contribution in [2.24, 2.45) is 0 Å². The van der Waals surface area contributed by atoms with Crippen molar-refractivity contribution in [1.29, 1.82) is 0 Å². The van der Waals surface area contributed by atoms with Crippen molar-refractivity contribution in [3.05, 3.63) is 24.5 Å². The van der Waals surface area contributed by atoms with Gasteiger partial charge in [0, 0.05) is 25.5 Å². The van der Waals surface area contributed by atoms with Gasteiger partial charge in [-0.3, -0.25) is 4.98 Å². The molecule has 0 aromatic carbocycles. The van der Waals surface area contributed by atoms with Crippen LogP contribution in [0.2, 0.25) is 0 Å². The maximum absolute atomic E-state index is 5.54. The third-order valence-corrected chi connectivity index (χ3v) is 3.28. The molecule has 2 aromatic rings. The maximum Gasteiger partial charge on any atom is 0.180 e. The molecule has 0 radical (unpaired) electrons. The molecule has 6 heteroatoms. The van der Waals surface area contributed by atoms with Crippen LogP contribution in [0.15, 0.2) is 24.5 Å². The van der Waals surface area contributed by atoms with Gasteiger partial charge in [0.05, 0.1) is 19.3 Å². The molecule has 19 heavy (non-hydrogen) atoms. The number of pyridine rings is 1. The lowest BCUT2D eigenvalue weighted by Crippen LogP contribution is -2.50. The second kappa shape index (κ2) is 5.46. The molecule has 1 unspecified atom stereocenters. The Morgan fingerprint density at radius 1 is 1.37 bits per heavy atom. The molecular formula is C13H17N5O. The van der Waals surface area contributed by atoms with Crippen molar-refractivity contribution in [2.75, 3.05) is 38.3 Å². The van der Waals surface area contributed by atoms with E-state index in [-0.39, 0.29) is 0 Å². The Kier molecular flexibility index (Phi) is 3.52. The van der Waals surface area contributed by atoms with Gasteiger partial charge in [0.25, 0.3) is 0 Å². The smallest absolute Gasteiger partial charge is 0.180 e. The van der Waals surface area contributed by atoms with Crippen LogP contribution in [0.3, 0.4) is 0 Å². The van der Waals surface area contributed by atoms with Crippen LogP contribution in [0.1, 0.15) is 0 Å². The van der Waals surface area contributed by atoms with Gasteiger partial charge in [-0.25, -0.2) is 9.97 Å². The van der Waals surface area contributed by atoms with Crippen LogP contribution in [-0.2, 0) is 4.74 Å². The van der Waals surface area contributed by atoms with Crippen molar-refractivity contribution in [3.63, 3.8) is 0 Å². The van der Waals surface area contributed by atoms with E-state index in [9.17, 15) is 0 Å². The summed E-state index contributed by atoms with van der Waals surface area (Å²) in [7, 11) is 1.95. The van der Waals surface area contributed by atoms with E-state index in [2.05, 4.69) is 25.2 Å². The summed E-state index contributed by atoms with van der Waals surface area (Å²) < 4.78 is 5.54. The Morgan fingerprint density at radius 2 is 2.26 bits per heavy atom. The molecular weight excluding hydrogens is 242 g/mol. The predicted octanol–water partition coefficient (Wildman–Crippen LogP) is 0.449. The number of likely N-dealkylation sites (N-methyl/N-ethyl adjacent to an activating group) is 1. The van der Waals surface area contributed by atoms with Crippen LogP contribution >= 0.6 is 0 Å². The first-order valence-electron chi connectivity index (χ1n) is 6.45. The van der Waals surface area contributed by atoms with Gasteiger partial charge in [-0.2, -0.15) is 0 Å². The zero-order valence-electron chi connectivity index (χ0n) is 10.9. The molecule has 3 rings (SSSR count). The largest absolute Gasteiger partial charge is 0.377 e. The van der Waals surface area contributed by atoms with Crippen LogP contribution in [-0.4, -0.2) is 54.3 Å². The van der Waals surface area contributed by atoms with Crippen molar-refractivity contribution in [2.45, 2.75) is 6.04 Å².